The summed E-state index contributed by atoms with van der Waals surface area (Å²) in [6.07, 6.45) is 0. The summed E-state index contributed by atoms with van der Waals surface area (Å²) in [5, 5.41) is -0.0496. The molecule has 1 rings (SSSR count). The highest BCUT2D eigenvalue weighted by Crippen LogP contribution is 2.29. The Bertz CT molecular complexity index is 447. The zero-order valence-electron chi connectivity index (χ0n) is 10.5. The fourth-order valence-electron chi connectivity index (χ4n) is 1.29. The van der Waals surface area contributed by atoms with Crippen LogP contribution in [0.5, 0.6) is 0 Å². The predicted molar refractivity (Wildman–Crippen MR) is 76.0 cm³/mol. The molecular weight excluding hydrogens is 276 g/mol. The van der Waals surface area contributed by atoms with Crippen molar-refractivity contribution in [2.45, 2.75) is 20.8 Å². The molecule has 1 aromatic rings. The maximum atomic E-state index is 13.5. The fourth-order valence-corrected chi connectivity index (χ4v) is 1.71. The second kappa shape index (κ2) is 6.81. The van der Waals surface area contributed by atoms with Crippen LogP contribution in [0.1, 0.15) is 20.8 Å². The van der Waals surface area contributed by atoms with Crippen LogP contribution >= 0.6 is 23.2 Å². The second-order valence-electron chi connectivity index (χ2n) is 3.99. The summed E-state index contributed by atoms with van der Waals surface area (Å²) in [5.41, 5.74) is 6.19. The Morgan fingerprint density at radius 3 is 2.61 bits per heavy atom. The number of hydrazine groups is 1. The maximum absolute atomic E-state index is 13.5. The molecule has 0 atom stereocenters. The Labute approximate surface area is 116 Å². The largest absolute Gasteiger partial charge is 0.298 e. The lowest BCUT2D eigenvalue weighted by atomic mass is 10.2. The zero-order chi connectivity index (χ0) is 13.7. The monoisotopic (exact) mass is 291 g/mol. The van der Waals surface area contributed by atoms with Gasteiger partial charge in [0.2, 0.25) is 0 Å². The van der Waals surface area contributed by atoms with Gasteiger partial charge < -0.3 is 0 Å². The third kappa shape index (κ3) is 3.75. The number of hydrogen-bond donors (Lipinski definition) is 2. The molecule has 0 amide bonds. The molecule has 3 nitrogen and oxygen atoms in total. The lowest BCUT2D eigenvalue weighted by Gasteiger charge is -2.16. The zero-order valence-corrected chi connectivity index (χ0v) is 12.0. The molecule has 0 fully saturated rings. The highest BCUT2D eigenvalue weighted by molar-refractivity contribution is 6.36. The van der Waals surface area contributed by atoms with Crippen molar-refractivity contribution >= 4 is 34.7 Å². The van der Waals surface area contributed by atoms with Gasteiger partial charge in [0, 0.05) is 12.5 Å². The standard InChI is InChI=1S/C12H16Cl2FN3/c1-4-16-12(7(2)3)18-17-9-6-5-8(13)11(15)10(9)14/h5-7,17H,4H2,1-3H3,(H,16,18). The van der Waals surface area contributed by atoms with Crippen LogP contribution in [-0.4, -0.2) is 12.4 Å². The van der Waals surface area contributed by atoms with E-state index >= 15 is 0 Å². The van der Waals surface area contributed by atoms with E-state index < -0.39 is 5.82 Å². The Morgan fingerprint density at radius 2 is 2.06 bits per heavy atom. The maximum Gasteiger partial charge on any atom is 0.162 e. The van der Waals surface area contributed by atoms with E-state index in [0.717, 1.165) is 5.84 Å². The summed E-state index contributed by atoms with van der Waals surface area (Å²) in [4.78, 5) is 4.29. The molecular formula is C12H16Cl2FN3. The van der Waals surface area contributed by atoms with E-state index in [0.29, 0.717) is 12.2 Å². The summed E-state index contributed by atoms with van der Waals surface area (Å²) in [5.74, 6) is 0.376. The molecule has 0 unspecified atom stereocenters. The van der Waals surface area contributed by atoms with E-state index in [1.807, 2.05) is 20.8 Å². The smallest absolute Gasteiger partial charge is 0.162 e. The second-order valence-corrected chi connectivity index (χ2v) is 4.77. The minimum atomic E-state index is -0.635. The predicted octanol–water partition coefficient (Wildman–Crippen LogP) is 4.12. The van der Waals surface area contributed by atoms with Crippen molar-refractivity contribution in [1.29, 1.82) is 0 Å². The van der Waals surface area contributed by atoms with Gasteiger partial charge in [0.05, 0.1) is 10.7 Å². The van der Waals surface area contributed by atoms with Gasteiger partial charge in [-0.1, -0.05) is 37.0 Å². The molecule has 18 heavy (non-hydrogen) atoms. The number of benzene rings is 1. The topological polar surface area (TPSA) is 36.4 Å². The van der Waals surface area contributed by atoms with Gasteiger partial charge >= 0.3 is 0 Å². The first kappa shape index (κ1) is 15.1. The number of amidine groups is 1. The van der Waals surface area contributed by atoms with E-state index in [1.54, 1.807) is 6.07 Å². The van der Waals surface area contributed by atoms with Gasteiger partial charge in [-0.15, -0.1) is 0 Å². The van der Waals surface area contributed by atoms with Gasteiger partial charge in [-0.2, -0.15) is 0 Å². The molecule has 2 N–H and O–H groups in total. The first-order chi connectivity index (χ1) is 8.47. The van der Waals surface area contributed by atoms with Gasteiger partial charge in [0.25, 0.3) is 0 Å². The summed E-state index contributed by atoms with van der Waals surface area (Å²) < 4.78 is 13.5. The molecule has 0 aliphatic heterocycles. The summed E-state index contributed by atoms with van der Waals surface area (Å²) in [6.45, 7) is 6.63. The average Bonchev–Trinajstić information content (AvgIpc) is 2.33. The van der Waals surface area contributed by atoms with E-state index in [4.69, 9.17) is 23.2 Å². The van der Waals surface area contributed by atoms with Gasteiger partial charge in [0.15, 0.2) is 5.82 Å². The van der Waals surface area contributed by atoms with Crippen molar-refractivity contribution in [2.24, 2.45) is 10.9 Å². The molecule has 0 aliphatic carbocycles. The van der Waals surface area contributed by atoms with Crippen molar-refractivity contribution in [1.82, 2.24) is 5.43 Å². The molecule has 0 bridgehead atoms. The highest BCUT2D eigenvalue weighted by Gasteiger charge is 2.11. The summed E-state index contributed by atoms with van der Waals surface area (Å²) in [6, 6.07) is 3.05. The van der Waals surface area contributed by atoms with Gasteiger partial charge in [-0.05, 0) is 19.1 Å². The highest BCUT2D eigenvalue weighted by atomic mass is 35.5. The number of nitrogens with one attached hydrogen (secondary N) is 2. The molecule has 1 aromatic carbocycles. The molecule has 0 saturated heterocycles. The van der Waals surface area contributed by atoms with Crippen molar-refractivity contribution in [3.63, 3.8) is 0 Å². The van der Waals surface area contributed by atoms with Crippen molar-refractivity contribution < 1.29 is 4.39 Å². The molecule has 0 aromatic heterocycles. The Hall–Kier alpha value is -1.00. The van der Waals surface area contributed by atoms with Crippen LogP contribution in [0.3, 0.4) is 0 Å². The van der Waals surface area contributed by atoms with Crippen LogP contribution in [0.25, 0.3) is 0 Å². The lowest BCUT2D eigenvalue weighted by molar-refractivity contribution is 0.629. The van der Waals surface area contributed by atoms with Crippen LogP contribution in [-0.2, 0) is 0 Å². The fraction of sp³-hybridized carbons (Fsp3) is 0.417. The van der Waals surface area contributed by atoms with Gasteiger partial charge in [0.1, 0.15) is 10.9 Å². The molecule has 0 heterocycles. The van der Waals surface area contributed by atoms with Crippen LogP contribution in [0, 0.1) is 11.7 Å². The van der Waals surface area contributed by atoms with Crippen LogP contribution in [0.4, 0.5) is 10.1 Å². The first-order valence-corrected chi connectivity index (χ1v) is 6.42. The molecule has 0 aliphatic rings. The van der Waals surface area contributed by atoms with Crippen LogP contribution in [0.2, 0.25) is 10.0 Å². The SMILES string of the molecule is CCN=C(NNc1ccc(Cl)c(F)c1Cl)C(C)C. The molecule has 6 heteroatoms. The Kier molecular flexibility index (Phi) is 5.69. The molecule has 0 radical (unpaired) electrons. The van der Waals surface area contributed by atoms with Gasteiger partial charge in [-0.25, -0.2) is 4.39 Å². The van der Waals surface area contributed by atoms with Crippen molar-refractivity contribution in [3.05, 3.63) is 28.0 Å². The minimum Gasteiger partial charge on any atom is -0.298 e. The minimum absolute atomic E-state index is 0.00291. The van der Waals surface area contributed by atoms with E-state index in [9.17, 15) is 4.39 Å². The Balaban J connectivity index is 2.80. The Morgan fingerprint density at radius 1 is 1.39 bits per heavy atom. The van der Waals surface area contributed by atoms with Crippen LogP contribution < -0.4 is 10.9 Å². The van der Waals surface area contributed by atoms with Crippen molar-refractivity contribution in [3.8, 4) is 0 Å². The number of halogens is 3. The van der Waals surface area contributed by atoms with Gasteiger partial charge in [-0.3, -0.25) is 15.8 Å². The summed E-state index contributed by atoms with van der Waals surface area (Å²) >= 11 is 11.5. The third-order valence-electron chi connectivity index (χ3n) is 2.24. The van der Waals surface area contributed by atoms with Crippen LogP contribution in [0.15, 0.2) is 17.1 Å². The molecule has 0 saturated carbocycles. The van der Waals surface area contributed by atoms with E-state index in [1.165, 1.54) is 6.07 Å². The number of aliphatic imine (C=N–C) groups is 1. The average molecular weight is 292 g/mol. The van der Waals surface area contributed by atoms with Crippen molar-refractivity contribution in [2.75, 3.05) is 12.0 Å². The number of nitrogens with zero attached hydrogens (tertiary/aromatic N) is 1. The lowest BCUT2D eigenvalue weighted by Crippen LogP contribution is -2.33. The van der Waals surface area contributed by atoms with E-state index in [-0.39, 0.29) is 16.0 Å². The normalized spacial score (nSPS) is 11.8. The van der Waals surface area contributed by atoms with E-state index in [2.05, 4.69) is 15.8 Å². The number of anilines is 1. The summed E-state index contributed by atoms with van der Waals surface area (Å²) in [7, 11) is 0. The number of rotatable bonds is 4. The third-order valence-corrected chi connectivity index (χ3v) is 2.90. The molecule has 0 spiro atoms. The number of hydrogen-bond acceptors (Lipinski definition) is 2. The first-order valence-electron chi connectivity index (χ1n) is 5.67. The quantitative estimate of drug-likeness (QED) is 0.379. The molecule has 100 valence electrons.